The summed E-state index contributed by atoms with van der Waals surface area (Å²) in [5.41, 5.74) is 2.42. The van der Waals surface area contributed by atoms with Gasteiger partial charge >= 0.3 is 8.80 Å². The highest BCUT2D eigenvalue weighted by atomic mass is 32.2. The van der Waals surface area contributed by atoms with Crippen LogP contribution in [-0.2, 0) is 13.3 Å². The zero-order valence-electron chi connectivity index (χ0n) is 16.1. The fourth-order valence-electron chi connectivity index (χ4n) is 2.80. The lowest BCUT2D eigenvalue weighted by atomic mass is 10.2. The van der Waals surface area contributed by atoms with Crippen LogP contribution in [0.1, 0.15) is 20.3 Å². The van der Waals surface area contributed by atoms with Gasteiger partial charge in [-0.25, -0.2) is 0 Å². The maximum absolute atomic E-state index is 5.67. The molecule has 0 radical (unpaired) electrons. The number of nitrogens with one attached hydrogen (secondary N) is 1. The van der Waals surface area contributed by atoms with Crippen molar-refractivity contribution in [3.05, 3.63) is 48.5 Å². The van der Waals surface area contributed by atoms with Gasteiger partial charge in [-0.2, -0.15) is 0 Å². The molecule has 3 rings (SSSR count). The Labute approximate surface area is 161 Å². The molecule has 2 aromatic carbocycles. The van der Waals surface area contributed by atoms with Gasteiger partial charge in [-0.1, -0.05) is 56.7 Å². The molecule has 0 aliphatic rings. The number of thioether (sulfide) groups is 1. The molecule has 0 amide bonds. The molecule has 0 saturated carbocycles. The van der Waals surface area contributed by atoms with E-state index in [1.807, 2.05) is 0 Å². The normalized spacial score (nSPS) is 11.5. The quantitative estimate of drug-likeness (QED) is 0.305. The van der Waals surface area contributed by atoms with Crippen molar-refractivity contribution in [3.63, 3.8) is 0 Å². The molecule has 0 bridgehead atoms. The van der Waals surface area contributed by atoms with Crippen LogP contribution in [0.3, 0.4) is 0 Å². The van der Waals surface area contributed by atoms with Gasteiger partial charge in [0.25, 0.3) is 0 Å². The number of aromatic amines is 1. The Morgan fingerprint density at radius 1 is 0.885 bits per heavy atom. The Hall–Kier alpha value is -1.31. The standard InChI is InChI=1S/C12H9N.C8H20O3SSi/c1-3-7-11-9(5-1)10-6-2-4-8-12(10)13-11;1-5-7-13(9-3,10-4)11-8-12-6-2/h1-8,13H;5-8H2,1-4H3. The summed E-state index contributed by atoms with van der Waals surface area (Å²) in [6.07, 6.45) is 1.03. The highest BCUT2D eigenvalue weighted by Gasteiger charge is 2.37. The first-order valence-electron chi connectivity index (χ1n) is 8.97. The summed E-state index contributed by atoms with van der Waals surface area (Å²) in [5, 5.41) is 2.61. The lowest BCUT2D eigenvalue weighted by Gasteiger charge is -2.25. The fraction of sp³-hybridized carbons (Fsp3) is 0.400. The predicted molar refractivity (Wildman–Crippen MR) is 115 cm³/mol. The van der Waals surface area contributed by atoms with Gasteiger partial charge in [0, 0.05) is 42.1 Å². The lowest BCUT2D eigenvalue weighted by Crippen LogP contribution is -2.43. The predicted octanol–water partition coefficient (Wildman–Crippen LogP) is 5.68. The van der Waals surface area contributed by atoms with E-state index in [0.29, 0.717) is 5.94 Å². The van der Waals surface area contributed by atoms with Crippen molar-refractivity contribution in [3.8, 4) is 0 Å². The van der Waals surface area contributed by atoms with Crippen molar-refractivity contribution < 1.29 is 13.3 Å². The fourth-order valence-corrected chi connectivity index (χ4v) is 5.58. The van der Waals surface area contributed by atoms with E-state index >= 15 is 0 Å². The Balaban J connectivity index is 0.000000187. The van der Waals surface area contributed by atoms with Gasteiger partial charge < -0.3 is 18.3 Å². The van der Waals surface area contributed by atoms with E-state index in [1.165, 1.54) is 21.8 Å². The molecule has 1 N–H and O–H groups in total. The number of aromatic nitrogens is 1. The Kier molecular flexibility index (Phi) is 8.67. The summed E-state index contributed by atoms with van der Waals surface area (Å²) in [4.78, 5) is 3.38. The molecule has 3 aromatic rings. The second-order valence-electron chi connectivity index (χ2n) is 5.81. The Bertz CT molecular complexity index is 738. The van der Waals surface area contributed by atoms with Crippen LogP contribution in [0, 0.1) is 0 Å². The highest BCUT2D eigenvalue weighted by molar-refractivity contribution is 7.99. The molecular weight excluding hydrogens is 362 g/mol. The minimum absolute atomic E-state index is 0.671. The molecule has 0 unspecified atom stereocenters. The lowest BCUT2D eigenvalue weighted by molar-refractivity contribution is 0.117. The summed E-state index contributed by atoms with van der Waals surface area (Å²) < 4.78 is 16.4. The Morgan fingerprint density at radius 3 is 1.88 bits per heavy atom. The molecule has 0 aliphatic heterocycles. The van der Waals surface area contributed by atoms with Crippen LogP contribution in [0.2, 0.25) is 6.04 Å². The largest absolute Gasteiger partial charge is 0.501 e. The zero-order chi connectivity index (χ0) is 18.8. The third-order valence-corrected chi connectivity index (χ3v) is 8.00. The summed E-state index contributed by atoms with van der Waals surface area (Å²) in [5.74, 6) is 1.73. The van der Waals surface area contributed by atoms with Crippen molar-refractivity contribution >= 4 is 42.4 Å². The van der Waals surface area contributed by atoms with E-state index in [4.69, 9.17) is 13.3 Å². The van der Waals surface area contributed by atoms with Gasteiger partial charge in [0.1, 0.15) is 0 Å². The molecular formula is C20H29NO3SSi. The number of H-pyrrole nitrogens is 1. The van der Waals surface area contributed by atoms with Gasteiger partial charge in [-0.15, -0.1) is 11.8 Å². The summed E-state index contributed by atoms with van der Waals surface area (Å²) in [7, 11) is 1.04. The number of fused-ring (bicyclic) bond motifs is 3. The molecule has 1 aromatic heterocycles. The van der Waals surface area contributed by atoms with Crippen LogP contribution < -0.4 is 0 Å². The summed E-state index contributed by atoms with van der Waals surface area (Å²) in [6, 6.07) is 17.7. The second-order valence-corrected chi connectivity index (χ2v) is 10.0. The first-order chi connectivity index (χ1) is 12.7. The number of hydrogen-bond acceptors (Lipinski definition) is 4. The van der Waals surface area contributed by atoms with Gasteiger partial charge in [0.05, 0.1) is 5.94 Å². The summed E-state index contributed by atoms with van der Waals surface area (Å²) >= 11 is 1.74. The average Bonchev–Trinajstić information content (AvgIpc) is 3.07. The number of rotatable bonds is 8. The minimum atomic E-state index is -2.30. The number of hydrogen-bond donors (Lipinski definition) is 1. The van der Waals surface area contributed by atoms with Gasteiger partial charge in [-0.3, -0.25) is 0 Å². The van der Waals surface area contributed by atoms with Crippen LogP contribution in [-0.4, -0.2) is 39.7 Å². The molecule has 142 valence electrons. The third kappa shape index (κ3) is 5.34. The molecule has 4 nitrogen and oxygen atoms in total. The van der Waals surface area contributed by atoms with Crippen molar-refractivity contribution in [2.45, 2.75) is 26.3 Å². The van der Waals surface area contributed by atoms with Crippen LogP contribution in [0.5, 0.6) is 0 Å². The molecule has 0 atom stereocenters. The zero-order valence-corrected chi connectivity index (χ0v) is 17.9. The first-order valence-corrected chi connectivity index (χ1v) is 12.1. The van der Waals surface area contributed by atoms with E-state index in [9.17, 15) is 0 Å². The van der Waals surface area contributed by atoms with Crippen molar-refractivity contribution in [2.75, 3.05) is 25.9 Å². The van der Waals surface area contributed by atoms with E-state index in [-0.39, 0.29) is 0 Å². The van der Waals surface area contributed by atoms with Crippen LogP contribution in [0.4, 0.5) is 0 Å². The first kappa shape index (κ1) is 21.0. The van der Waals surface area contributed by atoms with Crippen LogP contribution in [0.15, 0.2) is 48.5 Å². The molecule has 0 fully saturated rings. The van der Waals surface area contributed by atoms with Gasteiger partial charge in [0.15, 0.2) is 0 Å². The Morgan fingerprint density at radius 2 is 1.42 bits per heavy atom. The highest BCUT2D eigenvalue weighted by Crippen LogP contribution is 2.24. The van der Waals surface area contributed by atoms with Gasteiger partial charge in [0.2, 0.25) is 0 Å². The van der Waals surface area contributed by atoms with E-state index in [1.54, 1.807) is 26.0 Å². The molecule has 0 saturated heterocycles. The molecule has 26 heavy (non-hydrogen) atoms. The molecule has 1 heterocycles. The van der Waals surface area contributed by atoms with E-state index < -0.39 is 8.80 Å². The smallest absolute Gasteiger partial charge is 0.377 e. The van der Waals surface area contributed by atoms with Crippen LogP contribution >= 0.6 is 11.8 Å². The molecule has 0 spiro atoms. The monoisotopic (exact) mass is 391 g/mol. The van der Waals surface area contributed by atoms with Crippen LogP contribution in [0.25, 0.3) is 21.8 Å². The van der Waals surface area contributed by atoms with E-state index in [0.717, 1.165) is 18.2 Å². The number of para-hydroxylation sites is 2. The SMILES string of the molecule is CCC[Si](OC)(OC)OCSCC.c1ccc2c(c1)[nH]c1ccccc12. The maximum atomic E-state index is 5.67. The van der Waals surface area contributed by atoms with Crippen molar-refractivity contribution in [1.82, 2.24) is 4.98 Å². The van der Waals surface area contributed by atoms with Crippen molar-refractivity contribution in [1.29, 1.82) is 0 Å². The second kappa shape index (κ2) is 10.7. The third-order valence-electron chi connectivity index (χ3n) is 4.16. The van der Waals surface area contributed by atoms with E-state index in [2.05, 4.69) is 67.4 Å². The minimum Gasteiger partial charge on any atom is -0.377 e. The summed E-state index contributed by atoms with van der Waals surface area (Å²) in [6.45, 7) is 4.22. The maximum Gasteiger partial charge on any atom is 0.501 e. The number of benzene rings is 2. The van der Waals surface area contributed by atoms with Gasteiger partial charge in [-0.05, 0) is 17.9 Å². The molecule has 6 heteroatoms. The average molecular weight is 392 g/mol. The van der Waals surface area contributed by atoms with Crippen molar-refractivity contribution in [2.24, 2.45) is 0 Å². The topological polar surface area (TPSA) is 43.5 Å². The molecule has 0 aliphatic carbocycles.